The van der Waals surface area contributed by atoms with Crippen molar-refractivity contribution in [2.45, 2.75) is 51.7 Å². The average Bonchev–Trinajstić information content (AvgIpc) is 3.02. The molecule has 0 aromatic heterocycles. The lowest BCUT2D eigenvalue weighted by atomic mass is 9.87. The van der Waals surface area contributed by atoms with Crippen molar-refractivity contribution in [1.82, 2.24) is 0 Å². The molecule has 0 radical (unpaired) electrons. The molecule has 2 aromatic rings. The van der Waals surface area contributed by atoms with E-state index in [-0.39, 0.29) is 22.9 Å². The van der Waals surface area contributed by atoms with Crippen molar-refractivity contribution in [1.29, 1.82) is 0 Å². The third kappa shape index (κ3) is 4.60. The molecule has 28 heavy (non-hydrogen) atoms. The minimum atomic E-state index is -0.951. The molecule has 1 aliphatic heterocycles. The molecule has 5 heteroatoms. The molecule has 1 N–H and O–H groups in total. The number of carboxylic acid groups (broad SMARTS) is 1. The fraction of sp³-hybridized carbons (Fsp3) is 0.391. The Morgan fingerprint density at radius 2 is 1.89 bits per heavy atom. The van der Waals surface area contributed by atoms with Crippen molar-refractivity contribution in [3.63, 3.8) is 0 Å². The van der Waals surface area contributed by atoms with E-state index in [1.807, 2.05) is 23.1 Å². The fourth-order valence-electron chi connectivity index (χ4n) is 3.48. The maximum Gasteiger partial charge on any atom is 0.335 e. The van der Waals surface area contributed by atoms with Gasteiger partial charge in [0, 0.05) is 12.1 Å². The van der Waals surface area contributed by atoms with Crippen LogP contribution >= 0.6 is 0 Å². The first-order valence-corrected chi connectivity index (χ1v) is 9.58. The van der Waals surface area contributed by atoms with Crippen LogP contribution < -0.4 is 4.90 Å². The van der Waals surface area contributed by atoms with Gasteiger partial charge in [0.2, 0.25) is 5.91 Å². The number of amides is 1. The molecule has 2 aromatic carbocycles. The number of hydrogen-bond acceptors (Lipinski definition) is 3. The number of benzene rings is 2. The minimum absolute atomic E-state index is 0.00403. The van der Waals surface area contributed by atoms with Crippen LogP contribution in [0.4, 0.5) is 5.69 Å². The predicted octanol–water partition coefficient (Wildman–Crippen LogP) is 4.39. The quantitative estimate of drug-likeness (QED) is 0.806. The van der Waals surface area contributed by atoms with Crippen molar-refractivity contribution in [3.05, 3.63) is 65.2 Å². The van der Waals surface area contributed by atoms with Crippen molar-refractivity contribution in [3.8, 4) is 0 Å². The monoisotopic (exact) mass is 381 g/mol. The summed E-state index contributed by atoms with van der Waals surface area (Å²) in [7, 11) is 0. The second-order valence-corrected chi connectivity index (χ2v) is 8.27. The molecule has 0 saturated carbocycles. The van der Waals surface area contributed by atoms with E-state index in [2.05, 4.69) is 32.9 Å². The number of rotatable bonds is 6. The molecule has 1 fully saturated rings. The molecule has 0 bridgehead atoms. The molecule has 3 rings (SSSR count). The molecule has 0 aliphatic carbocycles. The fourth-order valence-corrected chi connectivity index (χ4v) is 3.48. The Labute approximate surface area is 165 Å². The lowest BCUT2D eigenvalue weighted by Crippen LogP contribution is -2.36. The van der Waals surface area contributed by atoms with Gasteiger partial charge in [0.1, 0.15) is 0 Å². The van der Waals surface area contributed by atoms with Crippen molar-refractivity contribution >= 4 is 17.6 Å². The van der Waals surface area contributed by atoms with E-state index in [4.69, 9.17) is 9.84 Å². The maximum absolute atomic E-state index is 12.4. The summed E-state index contributed by atoms with van der Waals surface area (Å²) in [5, 5.41) is 9.08. The largest absolute Gasteiger partial charge is 0.478 e. The Kier molecular flexibility index (Phi) is 5.84. The van der Waals surface area contributed by atoms with E-state index < -0.39 is 5.97 Å². The number of aromatic carboxylic acids is 1. The van der Waals surface area contributed by atoms with Gasteiger partial charge in [-0.1, -0.05) is 45.0 Å². The highest BCUT2D eigenvalue weighted by Gasteiger charge is 2.32. The number of carbonyl (C=O) groups excluding carboxylic acids is 1. The molecule has 1 amide bonds. The number of carbonyl (C=O) groups is 2. The first kappa shape index (κ1) is 20.1. The molecule has 148 valence electrons. The second kappa shape index (κ2) is 8.15. The zero-order valence-electron chi connectivity index (χ0n) is 16.6. The number of hydrogen-bond donors (Lipinski definition) is 1. The zero-order chi connectivity index (χ0) is 20.3. The Morgan fingerprint density at radius 1 is 1.18 bits per heavy atom. The molecule has 1 aliphatic rings. The number of ether oxygens (including phenoxy) is 1. The summed E-state index contributed by atoms with van der Waals surface area (Å²) >= 11 is 0. The summed E-state index contributed by atoms with van der Waals surface area (Å²) in [6.45, 7) is 7.24. The summed E-state index contributed by atoms with van der Waals surface area (Å²) < 4.78 is 5.83. The first-order valence-electron chi connectivity index (χ1n) is 9.58. The summed E-state index contributed by atoms with van der Waals surface area (Å²) in [5.74, 6) is -0.835. The van der Waals surface area contributed by atoms with Crippen LogP contribution in [0.2, 0.25) is 0 Å². The van der Waals surface area contributed by atoms with E-state index in [0.29, 0.717) is 19.6 Å². The Balaban J connectivity index is 1.64. The highest BCUT2D eigenvalue weighted by atomic mass is 16.5. The van der Waals surface area contributed by atoms with Crippen molar-refractivity contribution in [2.75, 3.05) is 11.5 Å². The molecule has 1 unspecified atom stereocenters. The molecule has 1 atom stereocenters. The number of anilines is 1. The van der Waals surface area contributed by atoms with E-state index in [1.54, 1.807) is 18.2 Å². The highest BCUT2D eigenvalue weighted by Crippen LogP contribution is 2.30. The van der Waals surface area contributed by atoms with Gasteiger partial charge in [0.25, 0.3) is 0 Å². The topological polar surface area (TPSA) is 66.8 Å². The third-order valence-corrected chi connectivity index (χ3v) is 5.09. The van der Waals surface area contributed by atoms with Gasteiger partial charge in [-0.2, -0.15) is 0 Å². The summed E-state index contributed by atoms with van der Waals surface area (Å²) in [4.78, 5) is 25.3. The predicted molar refractivity (Wildman–Crippen MR) is 109 cm³/mol. The van der Waals surface area contributed by atoms with Crippen LogP contribution in [0.3, 0.4) is 0 Å². The Morgan fingerprint density at radius 3 is 2.54 bits per heavy atom. The number of carboxylic acids is 1. The van der Waals surface area contributed by atoms with Gasteiger partial charge in [-0.25, -0.2) is 4.79 Å². The third-order valence-electron chi connectivity index (χ3n) is 5.09. The van der Waals surface area contributed by atoms with Crippen LogP contribution in [-0.2, 0) is 21.6 Å². The minimum Gasteiger partial charge on any atom is -0.478 e. The van der Waals surface area contributed by atoms with Gasteiger partial charge < -0.3 is 14.7 Å². The lowest BCUT2D eigenvalue weighted by molar-refractivity contribution is -0.117. The van der Waals surface area contributed by atoms with E-state index >= 15 is 0 Å². The van der Waals surface area contributed by atoms with E-state index in [9.17, 15) is 9.59 Å². The average molecular weight is 381 g/mol. The molecule has 1 heterocycles. The summed E-state index contributed by atoms with van der Waals surface area (Å²) in [6.07, 6.45) is 1.28. The van der Waals surface area contributed by atoms with Crippen LogP contribution in [0.5, 0.6) is 0 Å². The van der Waals surface area contributed by atoms with Crippen molar-refractivity contribution < 1.29 is 19.4 Å². The van der Waals surface area contributed by atoms with E-state index in [1.165, 1.54) is 5.56 Å². The van der Waals surface area contributed by atoms with Crippen LogP contribution in [0, 0.1) is 0 Å². The van der Waals surface area contributed by atoms with Gasteiger partial charge in [0.15, 0.2) is 0 Å². The smallest absolute Gasteiger partial charge is 0.335 e. The normalized spacial score (nSPS) is 17.2. The second-order valence-electron chi connectivity index (χ2n) is 8.27. The van der Waals surface area contributed by atoms with Gasteiger partial charge in [-0.3, -0.25) is 4.79 Å². The van der Waals surface area contributed by atoms with Crippen molar-refractivity contribution in [2.24, 2.45) is 0 Å². The standard InChI is InChI=1S/C23H27NO4/c1-23(2,3)18-7-9-19(10-8-18)24-20(11-12-21(24)25)15-28-14-16-5-4-6-17(13-16)22(26)27/h4-10,13,20H,11-12,14-15H2,1-3H3,(H,26,27). The molecule has 5 nitrogen and oxygen atoms in total. The van der Waals surface area contributed by atoms with Gasteiger partial charge in [0.05, 0.1) is 24.8 Å². The Bertz CT molecular complexity index is 852. The summed E-state index contributed by atoms with van der Waals surface area (Å²) in [6, 6.07) is 14.9. The molecule has 0 spiro atoms. The maximum atomic E-state index is 12.4. The SMILES string of the molecule is CC(C)(C)c1ccc(N2C(=O)CCC2COCc2cccc(C(=O)O)c2)cc1. The lowest BCUT2D eigenvalue weighted by Gasteiger charge is -2.26. The van der Waals surface area contributed by atoms with Crippen LogP contribution in [0.15, 0.2) is 48.5 Å². The van der Waals surface area contributed by atoms with Gasteiger partial charge in [-0.05, 0) is 47.2 Å². The summed E-state index contributed by atoms with van der Waals surface area (Å²) in [5.41, 5.74) is 3.26. The zero-order valence-corrected chi connectivity index (χ0v) is 16.6. The highest BCUT2D eigenvalue weighted by molar-refractivity contribution is 5.96. The molecular weight excluding hydrogens is 354 g/mol. The molecule has 1 saturated heterocycles. The van der Waals surface area contributed by atoms with Gasteiger partial charge >= 0.3 is 5.97 Å². The van der Waals surface area contributed by atoms with Crippen LogP contribution in [0.25, 0.3) is 0 Å². The van der Waals surface area contributed by atoms with E-state index in [0.717, 1.165) is 17.7 Å². The Hall–Kier alpha value is -2.66. The first-order chi connectivity index (χ1) is 13.3. The molecular formula is C23H27NO4. The van der Waals surface area contributed by atoms with Crippen LogP contribution in [0.1, 0.15) is 55.1 Å². The number of nitrogens with zero attached hydrogens (tertiary/aromatic N) is 1. The van der Waals surface area contributed by atoms with Crippen LogP contribution in [-0.4, -0.2) is 29.6 Å². The van der Waals surface area contributed by atoms with Gasteiger partial charge in [-0.15, -0.1) is 0 Å².